The number of hydrogen-bond donors (Lipinski definition) is 0. The van der Waals surface area contributed by atoms with E-state index >= 15 is 0 Å². The molecule has 3 rings (SSSR count). The fourth-order valence-electron chi connectivity index (χ4n) is 1.66. The lowest BCUT2D eigenvalue weighted by molar-refractivity contribution is 0.579. The van der Waals surface area contributed by atoms with Gasteiger partial charge in [0.05, 0.1) is 11.8 Å². The minimum atomic E-state index is -0.199. The molecule has 2 aromatic heterocycles. The van der Waals surface area contributed by atoms with Gasteiger partial charge >= 0.3 is 0 Å². The number of benzene rings is 1. The van der Waals surface area contributed by atoms with Crippen molar-refractivity contribution < 1.29 is 8.81 Å². The van der Waals surface area contributed by atoms with Gasteiger partial charge in [-0.2, -0.15) is 4.39 Å². The Morgan fingerprint density at radius 2 is 2.00 bits per heavy atom. The standard InChI is InChI=1S/C12H7FOS/c13-12-10(5-6-15-12)11-9-4-2-1-3-8(9)7-14-11/h1-7H. The van der Waals surface area contributed by atoms with Crippen LogP contribution in [-0.4, -0.2) is 0 Å². The summed E-state index contributed by atoms with van der Waals surface area (Å²) in [6.07, 6.45) is 1.65. The zero-order valence-corrected chi connectivity index (χ0v) is 8.55. The summed E-state index contributed by atoms with van der Waals surface area (Å²) in [4.78, 5) is 0. The summed E-state index contributed by atoms with van der Waals surface area (Å²) in [5.74, 6) is 0.615. The Balaban J connectivity index is 2.32. The van der Waals surface area contributed by atoms with E-state index in [-0.39, 0.29) is 5.13 Å². The first-order valence-electron chi connectivity index (χ1n) is 4.56. The summed E-state index contributed by atoms with van der Waals surface area (Å²) in [7, 11) is 0. The van der Waals surface area contributed by atoms with Crippen molar-refractivity contribution in [2.75, 3.05) is 0 Å². The van der Waals surface area contributed by atoms with E-state index in [1.54, 1.807) is 17.7 Å². The van der Waals surface area contributed by atoms with Crippen molar-refractivity contribution in [3.63, 3.8) is 0 Å². The zero-order chi connectivity index (χ0) is 10.3. The van der Waals surface area contributed by atoms with Crippen LogP contribution in [0.2, 0.25) is 0 Å². The summed E-state index contributed by atoms with van der Waals surface area (Å²) < 4.78 is 18.8. The topological polar surface area (TPSA) is 13.1 Å². The molecule has 0 bridgehead atoms. The maximum atomic E-state index is 13.4. The van der Waals surface area contributed by atoms with E-state index in [1.165, 1.54) is 0 Å². The molecule has 0 aliphatic rings. The third-order valence-electron chi connectivity index (χ3n) is 2.37. The molecule has 3 heteroatoms. The number of thiophene rings is 1. The molecule has 0 N–H and O–H groups in total. The van der Waals surface area contributed by atoms with Crippen molar-refractivity contribution in [3.05, 3.63) is 47.1 Å². The highest BCUT2D eigenvalue weighted by atomic mass is 32.1. The Hall–Kier alpha value is -1.61. The van der Waals surface area contributed by atoms with Crippen LogP contribution in [0.5, 0.6) is 0 Å². The van der Waals surface area contributed by atoms with E-state index in [9.17, 15) is 4.39 Å². The van der Waals surface area contributed by atoms with Crippen molar-refractivity contribution >= 4 is 22.1 Å². The molecule has 0 radical (unpaired) electrons. The lowest BCUT2D eigenvalue weighted by Crippen LogP contribution is -1.73. The van der Waals surface area contributed by atoms with Gasteiger partial charge < -0.3 is 4.42 Å². The smallest absolute Gasteiger partial charge is 0.187 e. The van der Waals surface area contributed by atoms with Gasteiger partial charge in [0.1, 0.15) is 5.76 Å². The van der Waals surface area contributed by atoms with Gasteiger partial charge in [-0.1, -0.05) is 24.3 Å². The van der Waals surface area contributed by atoms with Crippen LogP contribution in [0.3, 0.4) is 0 Å². The maximum absolute atomic E-state index is 13.4. The quantitative estimate of drug-likeness (QED) is 0.593. The van der Waals surface area contributed by atoms with Crippen LogP contribution in [0, 0.1) is 5.13 Å². The average molecular weight is 218 g/mol. The highest BCUT2D eigenvalue weighted by Gasteiger charge is 2.13. The normalized spacial score (nSPS) is 11.0. The molecule has 0 unspecified atom stereocenters. The maximum Gasteiger partial charge on any atom is 0.187 e. The predicted octanol–water partition coefficient (Wildman–Crippen LogP) is 4.30. The Kier molecular flexibility index (Phi) is 1.86. The van der Waals surface area contributed by atoms with Crippen molar-refractivity contribution in [1.29, 1.82) is 0 Å². The monoisotopic (exact) mass is 218 g/mol. The first kappa shape index (κ1) is 8.68. The van der Waals surface area contributed by atoms with Crippen molar-refractivity contribution in [2.45, 2.75) is 0 Å². The molecular weight excluding hydrogens is 211 g/mol. The molecule has 0 fully saturated rings. The van der Waals surface area contributed by atoms with Crippen LogP contribution in [0.4, 0.5) is 4.39 Å². The van der Waals surface area contributed by atoms with Crippen molar-refractivity contribution in [3.8, 4) is 11.3 Å². The highest BCUT2D eigenvalue weighted by Crippen LogP contribution is 2.33. The third-order valence-corrected chi connectivity index (χ3v) is 3.07. The van der Waals surface area contributed by atoms with Crippen LogP contribution in [0.25, 0.3) is 22.1 Å². The van der Waals surface area contributed by atoms with Crippen molar-refractivity contribution in [1.82, 2.24) is 0 Å². The van der Waals surface area contributed by atoms with E-state index in [0.29, 0.717) is 11.3 Å². The summed E-state index contributed by atoms with van der Waals surface area (Å²) in [6, 6.07) is 9.49. The molecule has 0 spiro atoms. The second-order valence-electron chi connectivity index (χ2n) is 3.26. The fraction of sp³-hybridized carbons (Fsp3) is 0. The first-order chi connectivity index (χ1) is 7.36. The van der Waals surface area contributed by atoms with Gasteiger partial charge in [-0.3, -0.25) is 0 Å². The minimum absolute atomic E-state index is 0.199. The molecule has 1 aromatic carbocycles. The highest BCUT2D eigenvalue weighted by molar-refractivity contribution is 7.08. The molecule has 0 aliphatic heterocycles. The Bertz CT molecular complexity index is 609. The number of halogens is 1. The molecule has 0 amide bonds. The third kappa shape index (κ3) is 1.27. The van der Waals surface area contributed by atoms with Crippen molar-refractivity contribution in [2.24, 2.45) is 0 Å². The van der Waals surface area contributed by atoms with Gasteiger partial charge in [-0.05, 0) is 11.4 Å². The first-order valence-corrected chi connectivity index (χ1v) is 5.44. The largest absolute Gasteiger partial charge is 0.463 e. The van der Waals surface area contributed by atoms with Crippen LogP contribution >= 0.6 is 11.3 Å². The number of furan rings is 1. The second-order valence-corrected chi connectivity index (χ2v) is 4.13. The number of hydrogen-bond acceptors (Lipinski definition) is 2. The van der Waals surface area contributed by atoms with Crippen LogP contribution in [0.1, 0.15) is 0 Å². The molecule has 1 nitrogen and oxygen atoms in total. The van der Waals surface area contributed by atoms with Crippen LogP contribution < -0.4 is 0 Å². The molecule has 2 heterocycles. The molecule has 0 atom stereocenters. The van der Waals surface area contributed by atoms with E-state index in [1.807, 2.05) is 24.3 Å². The van der Waals surface area contributed by atoms with Gasteiger partial charge in [-0.25, -0.2) is 0 Å². The van der Waals surface area contributed by atoms with E-state index in [0.717, 1.165) is 22.1 Å². The van der Waals surface area contributed by atoms with Gasteiger partial charge in [0.2, 0.25) is 0 Å². The molecule has 15 heavy (non-hydrogen) atoms. The van der Waals surface area contributed by atoms with Gasteiger partial charge in [0, 0.05) is 10.8 Å². The number of fused-ring (bicyclic) bond motifs is 1. The predicted molar refractivity (Wildman–Crippen MR) is 59.5 cm³/mol. The van der Waals surface area contributed by atoms with Gasteiger partial charge in [0.25, 0.3) is 0 Å². The average Bonchev–Trinajstić information content (AvgIpc) is 2.83. The van der Waals surface area contributed by atoms with Crippen LogP contribution in [-0.2, 0) is 0 Å². The minimum Gasteiger partial charge on any atom is -0.463 e. The van der Waals surface area contributed by atoms with E-state index < -0.39 is 0 Å². The lowest BCUT2D eigenvalue weighted by atomic mass is 10.1. The fourth-order valence-corrected chi connectivity index (χ4v) is 2.27. The zero-order valence-electron chi connectivity index (χ0n) is 7.74. The van der Waals surface area contributed by atoms with Crippen LogP contribution in [0.15, 0.2) is 46.4 Å². The summed E-state index contributed by atoms with van der Waals surface area (Å²) >= 11 is 1.08. The lowest BCUT2D eigenvalue weighted by Gasteiger charge is -1.93. The van der Waals surface area contributed by atoms with Gasteiger partial charge in [0.15, 0.2) is 5.13 Å². The SMILES string of the molecule is Fc1sccc1-c1occ2ccccc12. The molecule has 74 valence electrons. The molecule has 0 aliphatic carbocycles. The Morgan fingerprint density at radius 3 is 2.80 bits per heavy atom. The van der Waals surface area contributed by atoms with Gasteiger partial charge in [-0.15, -0.1) is 11.3 Å². The summed E-state index contributed by atoms with van der Waals surface area (Å²) in [5.41, 5.74) is 0.543. The Morgan fingerprint density at radius 1 is 1.13 bits per heavy atom. The summed E-state index contributed by atoms with van der Waals surface area (Å²) in [5, 5.41) is 3.48. The van der Waals surface area contributed by atoms with E-state index in [4.69, 9.17) is 4.42 Å². The molecule has 3 aromatic rings. The Labute approximate surface area is 89.8 Å². The van der Waals surface area contributed by atoms with E-state index in [2.05, 4.69) is 0 Å². The molecule has 0 saturated carbocycles. The molecular formula is C12H7FOS. The number of rotatable bonds is 1. The second kappa shape index (κ2) is 3.21. The summed E-state index contributed by atoms with van der Waals surface area (Å²) in [6.45, 7) is 0. The molecule has 0 saturated heterocycles.